The van der Waals surface area contributed by atoms with Crippen molar-refractivity contribution in [3.05, 3.63) is 35.0 Å². The van der Waals surface area contributed by atoms with E-state index in [1.807, 2.05) is 23.6 Å². The topological polar surface area (TPSA) is 46.4 Å². The third-order valence-electron chi connectivity index (χ3n) is 6.33. The summed E-state index contributed by atoms with van der Waals surface area (Å²) in [5, 5.41) is 1.33. The summed E-state index contributed by atoms with van der Waals surface area (Å²) in [6.07, 6.45) is 7.31. The predicted molar refractivity (Wildman–Crippen MR) is 115 cm³/mol. The summed E-state index contributed by atoms with van der Waals surface area (Å²) in [7, 11) is 0. The molecule has 1 N–H and O–H groups in total. The fourth-order valence-corrected chi connectivity index (χ4v) is 5.94. The van der Waals surface area contributed by atoms with Gasteiger partial charge in [0.2, 0.25) is 0 Å². The van der Waals surface area contributed by atoms with Crippen molar-refractivity contribution in [1.29, 1.82) is 0 Å². The van der Waals surface area contributed by atoms with Crippen LogP contribution < -0.4 is 9.80 Å². The number of quaternary nitrogens is 1. The smallest absolute Gasteiger partial charge is 0.164 e. The monoisotopic (exact) mass is 394 g/mol. The van der Waals surface area contributed by atoms with Crippen LogP contribution in [0.25, 0.3) is 21.6 Å². The van der Waals surface area contributed by atoms with Crippen molar-refractivity contribution in [1.82, 2.24) is 15.0 Å². The lowest BCUT2D eigenvalue weighted by atomic mass is 9.89. The molecule has 0 radical (unpaired) electrons. The molecule has 3 aromatic rings. The third kappa shape index (κ3) is 3.18. The SMILES string of the molecule is CC[NH+]1CCN(c2nc(-c3cccnc3)nc3sc4c(c23)CC[C@@H](C)C4)CC1. The van der Waals surface area contributed by atoms with Gasteiger partial charge in [-0.2, -0.15) is 0 Å². The molecule has 0 amide bonds. The number of anilines is 1. The molecule has 28 heavy (non-hydrogen) atoms. The standard InChI is InChI=1S/C22H27N5S/c1-3-26-9-11-27(12-10-26)21-19-17-7-6-15(2)13-18(17)28-22(19)25-20(24-21)16-5-4-8-23-14-16/h4-5,8,14-15H,3,6-7,9-13H2,1-2H3/p+1/t15-/m1/s1. The first-order chi connectivity index (χ1) is 13.7. The Morgan fingerprint density at radius 1 is 1.25 bits per heavy atom. The molecule has 1 atom stereocenters. The number of aromatic nitrogens is 3. The van der Waals surface area contributed by atoms with Gasteiger partial charge in [0.15, 0.2) is 5.82 Å². The molecule has 0 unspecified atom stereocenters. The highest BCUT2D eigenvalue weighted by Crippen LogP contribution is 2.41. The number of likely N-dealkylation sites (N-methyl/N-ethyl adjacent to an activating group) is 1. The number of hydrogen-bond acceptors (Lipinski definition) is 5. The van der Waals surface area contributed by atoms with E-state index >= 15 is 0 Å². The summed E-state index contributed by atoms with van der Waals surface area (Å²) >= 11 is 1.89. The lowest BCUT2D eigenvalue weighted by Gasteiger charge is -2.33. The number of piperazine rings is 1. The lowest BCUT2D eigenvalue weighted by Crippen LogP contribution is -3.14. The number of hydrogen-bond donors (Lipinski definition) is 1. The largest absolute Gasteiger partial charge is 0.345 e. The van der Waals surface area contributed by atoms with Crippen LogP contribution in [-0.4, -0.2) is 47.7 Å². The van der Waals surface area contributed by atoms with Gasteiger partial charge in [0, 0.05) is 22.8 Å². The van der Waals surface area contributed by atoms with Crippen molar-refractivity contribution in [3.8, 4) is 11.4 Å². The van der Waals surface area contributed by atoms with Crippen LogP contribution in [0.3, 0.4) is 0 Å². The van der Waals surface area contributed by atoms with Gasteiger partial charge in [-0.15, -0.1) is 11.3 Å². The molecule has 0 saturated carbocycles. The minimum Gasteiger partial charge on any atom is -0.345 e. The Bertz CT molecular complexity index is 976. The van der Waals surface area contributed by atoms with Crippen molar-refractivity contribution in [3.63, 3.8) is 0 Å². The predicted octanol–water partition coefficient (Wildman–Crippen LogP) is 2.60. The van der Waals surface area contributed by atoms with Crippen LogP contribution in [0.4, 0.5) is 5.82 Å². The second-order valence-electron chi connectivity index (χ2n) is 8.24. The van der Waals surface area contributed by atoms with E-state index in [4.69, 9.17) is 9.97 Å². The van der Waals surface area contributed by atoms with Crippen molar-refractivity contribution < 1.29 is 4.90 Å². The van der Waals surface area contributed by atoms with Gasteiger partial charge in [-0.3, -0.25) is 4.98 Å². The summed E-state index contributed by atoms with van der Waals surface area (Å²) in [5.41, 5.74) is 2.53. The van der Waals surface area contributed by atoms with Crippen LogP contribution in [0.1, 0.15) is 30.7 Å². The van der Waals surface area contributed by atoms with Crippen LogP contribution in [0, 0.1) is 5.92 Å². The first-order valence-electron chi connectivity index (χ1n) is 10.5. The fourth-order valence-electron chi connectivity index (χ4n) is 4.56. The fraction of sp³-hybridized carbons (Fsp3) is 0.500. The first kappa shape index (κ1) is 18.0. The van der Waals surface area contributed by atoms with E-state index in [0.29, 0.717) is 0 Å². The Balaban J connectivity index is 1.65. The number of pyridine rings is 1. The lowest BCUT2D eigenvalue weighted by molar-refractivity contribution is -0.898. The van der Waals surface area contributed by atoms with E-state index in [9.17, 15) is 0 Å². The quantitative estimate of drug-likeness (QED) is 0.742. The van der Waals surface area contributed by atoms with Gasteiger partial charge in [-0.25, -0.2) is 9.97 Å². The zero-order valence-electron chi connectivity index (χ0n) is 16.7. The maximum atomic E-state index is 5.12. The average molecular weight is 395 g/mol. The molecule has 1 aliphatic heterocycles. The summed E-state index contributed by atoms with van der Waals surface area (Å²) in [5.74, 6) is 2.74. The van der Waals surface area contributed by atoms with E-state index in [1.54, 1.807) is 11.1 Å². The number of rotatable bonds is 3. The number of aryl methyl sites for hydroxylation is 1. The highest BCUT2D eigenvalue weighted by atomic mass is 32.1. The van der Waals surface area contributed by atoms with Gasteiger partial charge >= 0.3 is 0 Å². The molecule has 5 rings (SSSR count). The van der Waals surface area contributed by atoms with Crippen molar-refractivity contribution in [2.75, 3.05) is 37.6 Å². The summed E-state index contributed by atoms with van der Waals surface area (Å²) in [6.45, 7) is 10.4. The molecule has 2 aliphatic rings. The van der Waals surface area contributed by atoms with Gasteiger partial charge in [0.25, 0.3) is 0 Å². The Morgan fingerprint density at radius 2 is 2.11 bits per heavy atom. The van der Waals surface area contributed by atoms with Crippen molar-refractivity contribution >= 4 is 27.4 Å². The van der Waals surface area contributed by atoms with Crippen LogP contribution in [0.2, 0.25) is 0 Å². The highest BCUT2D eigenvalue weighted by molar-refractivity contribution is 7.19. The molecule has 146 valence electrons. The second-order valence-corrected chi connectivity index (χ2v) is 9.32. The van der Waals surface area contributed by atoms with Gasteiger partial charge in [0.1, 0.15) is 10.6 Å². The van der Waals surface area contributed by atoms with Crippen LogP contribution >= 0.6 is 11.3 Å². The number of nitrogens with one attached hydrogen (secondary N) is 1. The Morgan fingerprint density at radius 3 is 2.86 bits per heavy atom. The molecule has 0 aromatic carbocycles. The van der Waals surface area contributed by atoms with E-state index < -0.39 is 0 Å². The number of nitrogens with zero attached hydrogens (tertiary/aromatic N) is 4. The maximum absolute atomic E-state index is 5.12. The molecule has 4 heterocycles. The third-order valence-corrected chi connectivity index (χ3v) is 7.47. The normalized spacial score (nSPS) is 20.5. The van der Waals surface area contributed by atoms with Crippen LogP contribution in [-0.2, 0) is 12.8 Å². The van der Waals surface area contributed by atoms with Crippen LogP contribution in [0.15, 0.2) is 24.5 Å². The summed E-state index contributed by atoms with van der Waals surface area (Å²) < 4.78 is 0. The minimum atomic E-state index is 0.770. The molecule has 5 nitrogen and oxygen atoms in total. The number of fused-ring (bicyclic) bond motifs is 3. The highest BCUT2D eigenvalue weighted by Gasteiger charge is 2.28. The second kappa shape index (κ2) is 7.41. The molecule has 0 bridgehead atoms. The molecule has 3 aromatic heterocycles. The molecule has 1 saturated heterocycles. The molecule has 1 aliphatic carbocycles. The van der Waals surface area contributed by atoms with Gasteiger partial charge in [-0.05, 0) is 49.8 Å². The maximum Gasteiger partial charge on any atom is 0.164 e. The van der Waals surface area contributed by atoms with Crippen molar-refractivity contribution in [2.45, 2.75) is 33.1 Å². The first-order valence-corrected chi connectivity index (χ1v) is 11.4. The van der Waals surface area contributed by atoms with Gasteiger partial charge in [-0.1, -0.05) is 6.92 Å². The van der Waals surface area contributed by atoms with Crippen molar-refractivity contribution in [2.24, 2.45) is 5.92 Å². The van der Waals surface area contributed by atoms with E-state index in [2.05, 4.69) is 29.8 Å². The molecular formula is C22H28N5S+. The Labute approximate surface area is 170 Å². The molecule has 1 fully saturated rings. The van der Waals surface area contributed by atoms with E-state index in [0.717, 1.165) is 41.0 Å². The summed E-state index contributed by atoms with van der Waals surface area (Å²) in [4.78, 5) is 21.3. The van der Waals surface area contributed by atoms with Gasteiger partial charge < -0.3 is 9.80 Å². The molecule has 0 spiro atoms. The van der Waals surface area contributed by atoms with E-state index in [-0.39, 0.29) is 0 Å². The zero-order chi connectivity index (χ0) is 19.1. The molecule has 6 heteroatoms. The van der Waals surface area contributed by atoms with Gasteiger partial charge in [0.05, 0.1) is 38.1 Å². The summed E-state index contributed by atoms with van der Waals surface area (Å²) in [6, 6.07) is 4.03. The van der Waals surface area contributed by atoms with Crippen LogP contribution in [0.5, 0.6) is 0 Å². The zero-order valence-corrected chi connectivity index (χ0v) is 17.6. The molecular weight excluding hydrogens is 366 g/mol. The van der Waals surface area contributed by atoms with E-state index in [1.165, 1.54) is 54.7 Å². The minimum absolute atomic E-state index is 0.770. The Kier molecular flexibility index (Phi) is 4.77. The number of thiophene rings is 1. The average Bonchev–Trinajstić information content (AvgIpc) is 3.11. The Hall–Kier alpha value is -2.05.